The normalized spacial score (nSPS) is 10.1. The summed E-state index contributed by atoms with van der Waals surface area (Å²) < 4.78 is 13.5. The average Bonchev–Trinajstić information content (AvgIpc) is 2.41. The molecule has 0 saturated heterocycles. The third kappa shape index (κ3) is 2.89. The second-order valence-corrected chi connectivity index (χ2v) is 3.92. The number of rotatable bonds is 3. The summed E-state index contributed by atoms with van der Waals surface area (Å²) in [6, 6.07) is 8.24. The Kier molecular flexibility index (Phi) is 3.60. The Labute approximate surface area is 112 Å². The Morgan fingerprint density at radius 2 is 1.85 bits per heavy atom. The van der Waals surface area contributed by atoms with Crippen LogP contribution in [-0.2, 0) is 0 Å². The summed E-state index contributed by atoms with van der Waals surface area (Å²) in [6.45, 7) is 0. The van der Waals surface area contributed by atoms with Crippen LogP contribution in [0, 0.1) is 15.9 Å². The van der Waals surface area contributed by atoms with Gasteiger partial charge in [0.05, 0.1) is 10.5 Å². The first-order valence-electron chi connectivity index (χ1n) is 5.51. The van der Waals surface area contributed by atoms with Crippen LogP contribution < -0.4 is 5.32 Å². The first-order valence-corrected chi connectivity index (χ1v) is 5.51. The van der Waals surface area contributed by atoms with E-state index < -0.39 is 22.2 Å². The van der Waals surface area contributed by atoms with Gasteiger partial charge in [-0.05, 0) is 30.3 Å². The van der Waals surface area contributed by atoms with E-state index in [0.29, 0.717) is 5.69 Å². The van der Waals surface area contributed by atoms with Crippen LogP contribution in [0.3, 0.4) is 0 Å². The van der Waals surface area contributed by atoms with Crippen molar-refractivity contribution in [2.45, 2.75) is 0 Å². The van der Waals surface area contributed by atoms with Gasteiger partial charge < -0.3 is 10.4 Å². The molecule has 0 radical (unpaired) electrons. The number of hydrogen-bond acceptors (Lipinski definition) is 4. The molecule has 0 aliphatic heterocycles. The Hall–Kier alpha value is -2.96. The van der Waals surface area contributed by atoms with E-state index in [1.807, 2.05) is 0 Å². The molecule has 0 aliphatic carbocycles. The minimum Gasteiger partial charge on any atom is -0.508 e. The van der Waals surface area contributed by atoms with Gasteiger partial charge in [-0.3, -0.25) is 14.9 Å². The van der Waals surface area contributed by atoms with Gasteiger partial charge in [-0.2, -0.15) is 0 Å². The molecule has 2 aromatic rings. The number of aromatic hydroxyl groups is 1. The maximum absolute atomic E-state index is 13.5. The second-order valence-electron chi connectivity index (χ2n) is 3.92. The highest BCUT2D eigenvalue weighted by molar-refractivity contribution is 6.04. The molecule has 1 amide bonds. The molecule has 2 rings (SSSR count). The molecule has 0 aliphatic rings. The summed E-state index contributed by atoms with van der Waals surface area (Å²) in [4.78, 5) is 21.8. The highest BCUT2D eigenvalue weighted by Crippen LogP contribution is 2.19. The number of nitrogens with one attached hydrogen (secondary N) is 1. The fraction of sp³-hybridized carbons (Fsp3) is 0. The van der Waals surface area contributed by atoms with Crippen LogP contribution in [-0.4, -0.2) is 15.9 Å². The van der Waals surface area contributed by atoms with Crippen LogP contribution in [0.15, 0.2) is 42.5 Å². The molecule has 2 aromatic carbocycles. The lowest BCUT2D eigenvalue weighted by Gasteiger charge is -2.06. The van der Waals surface area contributed by atoms with Gasteiger partial charge in [-0.1, -0.05) is 0 Å². The molecule has 0 fully saturated rings. The number of amides is 1. The van der Waals surface area contributed by atoms with Crippen molar-refractivity contribution >= 4 is 17.3 Å². The predicted molar refractivity (Wildman–Crippen MR) is 69.1 cm³/mol. The van der Waals surface area contributed by atoms with E-state index in [1.165, 1.54) is 24.3 Å². The van der Waals surface area contributed by atoms with Gasteiger partial charge in [0.15, 0.2) is 0 Å². The molecular weight excluding hydrogens is 267 g/mol. The van der Waals surface area contributed by atoms with Gasteiger partial charge in [0.1, 0.15) is 11.6 Å². The van der Waals surface area contributed by atoms with Gasteiger partial charge in [-0.15, -0.1) is 0 Å². The summed E-state index contributed by atoms with van der Waals surface area (Å²) in [7, 11) is 0. The quantitative estimate of drug-likeness (QED) is 0.512. The number of nitrogens with zero attached hydrogens (tertiary/aromatic N) is 1. The van der Waals surface area contributed by atoms with Crippen molar-refractivity contribution in [1.29, 1.82) is 0 Å². The van der Waals surface area contributed by atoms with Gasteiger partial charge in [0.2, 0.25) is 0 Å². The Morgan fingerprint density at radius 1 is 1.20 bits per heavy atom. The van der Waals surface area contributed by atoms with E-state index in [-0.39, 0.29) is 11.4 Å². The Bertz CT molecular complexity index is 671. The second kappa shape index (κ2) is 5.35. The van der Waals surface area contributed by atoms with Crippen molar-refractivity contribution in [3.63, 3.8) is 0 Å². The highest BCUT2D eigenvalue weighted by Gasteiger charge is 2.17. The lowest BCUT2D eigenvalue weighted by molar-refractivity contribution is -0.384. The number of benzene rings is 2. The number of carbonyl (C=O) groups is 1. The summed E-state index contributed by atoms with van der Waals surface area (Å²) in [5.41, 5.74) is -0.465. The largest absolute Gasteiger partial charge is 0.508 e. The zero-order chi connectivity index (χ0) is 14.7. The van der Waals surface area contributed by atoms with E-state index in [4.69, 9.17) is 5.11 Å². The molecule has 0 atom stereocenters. The summed E-state index contributed by atoms with van der Waals surface area (Å²) >= 11 is 0. The van der Waals surface area contributed by atoms with Gasteiger partial charge in [0.25, 0.3) is 11.6 Å². The first kappa shape index (κ1) is 13.5. The molecular formula is C13H9FN2O4. The number of non-ortho nitro benzene ring substituents is 1. The third-order valence-electron chi connectivity index (χ3n) is 2.53. The lowest BCUT2D eigenvalue weighted by Crippen LogP contribution is -2.14. The zero-order valence-corrected chi connectivity index (χ0v) is 10.0. The van der Waals surface area contributed by atoms with Crippen molar-refractivity contribution in [3.05, 3.63) is 64.0 Å². The number of hydrogen-bond donors (Lipinski definition) is 2. The molecule has 7 heteroatoms. The molecule has 0 aromatic heterocycles. The van der Waals surface area contributed by atoms with Gasteiger partial charge in [0, 0.05) is 17.8 Å². The molecule has 0 bridgehead atoms. The molecule has 0 spiro atoms. The number of phenolic OH excluding ortho intramolecular Hbond substituents is 1. The summed E-state index contributed by atoms with van der Waals surface area (Å²) in [5, 5.41) is 22.1. The predicted octanol–water partition coefficient (Wildman–Crippen LogP) is 2.69. The molecule has 2 N–H and O–H groups in total. The number of carbonyl (C=O) groups excluding carboxylic acids is 1. The maximum Gasteiger partial charge on any atom is 0.270 e. The van der Waals surface area contributed by atoms with Crippen LogP contribution in [0.1, 0.15) is 10.4 Å². The topological polar surface area (TPSA) is 92.5 Å². The fourth-order valence-electron chi connectivity index (χ4n) is 1.54. The summed E-state index contributed by atoms with van der Waals surface area (Å²) in [5.74, 6) is -1.65. The lowest BCUT2D eigenvalue weighted by atomic mass is 10.1. The number of nitro benzene ring substituents is 1. The molecule has 0 heterocycles. The molecule has 0 unspecified atom stereocenters. The van der Waals surface area contributed by atoms with E-state index in [0.717, 1.165) is 18.2 Å². The average molecular weight is 276 g/mol. The number of halogens is 1. The van der Waals surface area contributed by atoms with Crippen molar-refractivity contribution in [1.82, 2.24) is 0 Å². The number of nitro groups is 1. The number of phenols is 1. The van der Waals surface area contributed by atoms with E-state index >= 15 is 0 Å². The molecule has 0 saturated carbocycles. The summed E-state index contributed by atoms with van der Waals surface area (Å²) in [6.07, 6.45) is 0. The van der Waals surface area contributed by atoms with E-state index in [1.54, 1.807) is 0 Å². The minimum absolute atomic E-state index is 0.0181. The van der Waals surface area contributed by atoms with E-state index in [9.17, 15) is 19.3 Å². The van der Waals surface area contributed by atoms with Crippen molar-refractivity contribution < 1.29 is 19.2 Å². The van der Waals surface area contributed by atoms with Crippen LogP contribution in [0.4, 0.5) is 15.8 Å². The van der Waals surface area contributed by atoms with Crippen LogP contribution in [0.25, 0.3) is 0 Å². The SMILES string of the molecule is O=C(Nc1ccc(O)cc1)c1cc([N+](=O)[O-])ccc1F. The Morgan fingerprint density at radius 3 is 2.45 bits per heavy atom. The fourth-order valence-corrected chi connectivity index (χ4v) is 1.54. The van der Waals surface area contributed by atoms with Crippen molar-refractivity contribution in [3.8, 4) is 5.75 Å². The van der Waals surface area contributed by atoms with Crippen molar-refractivity contribution in [2.24, 2.45) is 0 Å². The van der Waals surface area contributed by atoms with Crippen LogP contribution in [0.2, 0.25) is 0 Å². The molecule has 102 valence electrons. The van der Waals surface area contributed by atoms with Crippen LogP contribution >= 0.6 is 0 Å². The maximum atomic E-state index is 13.5. The smallest absolute Gasteiger partial charge is 0.270 e. The van der Waals surface area contributed by atoms with Crippen molar-refractivity contribution in [2.75, 3.05) is 5.32 Å². The van der Waals surface area contributed by atoms with E-state index in [2.05, 4.69) is 5.32 Å². The first-order chi connectivity index (χ1) is 9.47. The highest BCUT2D eigenvalue weighted by atomic mass is 19.1. The Balaban J connectivity index is 2.26. The minimum atomic E-state index is -0.855. The molecule has 20 heavy (non-hydrogen) atoms. The molecule has 6 nitrogen and oxygen atoms in total. The zero-order valence-electron chi connectivity index (χ0n) is 10.0. The van der Waals surface area contributed by atoms with Crippen LogP contribution in [0.5, 0.6) is 5.75 Å². The standard InChI is InChI=1S/C13H9FN2O4/c14-12-6-3-9(16(19)20)7-11(12)13(18)15-8-1-4-10(17)5-2-8/h1-7,17H,(H,15,18). The third-order valence-corrected chi connectivity index (χ3v) is 2.53. The van der Waals surface area contributed by atoms with Gasteiger partial charge >= 0.3 is 0 Å². The number of anilines is 1. The monoisotopic (exact) mass is 276 g/mol. The van der Waals surface area contributed by atoms with Gasteiger partial charge in [-0.25, -0.2) is 4.39 Å².